The largest absolute Gasteiger partial charge is 0.478 e. The molecule has 0 atom stereocenters. The maximum Gasteiger partial charge on any atom is 0.335 e. The standard InChI is InChI=1S/C19H20N2O5S/c22-18(20-15-10-8-13(9-11-15)19(23)24)14-4-3-7-17(12-14)27(25,26)21-16-5-1-2-6-16/h3-4,7-12,16,21H,1-2,5-6H2,(H,20,22)(H,23,24). The van der Waals surface area contributed by atoms with Gasteiger partial charge in [0.05, 0.1) is 10.5 Å². The number of anilines is 1. The second-order valence-corrected chi connectivity index (χ2v) is 8.18. The van der Waals surface area contributed by atoms with Gasteiger partial charge in [0.25, 0.3) is 5.91 Å². The lowest BCUT2D eigenvalue weighted by Crippen LogP contribution is -2.32. The molecule has 3 rings (SSSR count). The van der Waals surface area contributed by atoms with E-state index in [2.05, 4.69) is 10.0 Å². The fourth-order valence-corrected chi connectivity index (χ4v) is 4.39. The smallest absolute Gasteiger partial charge is 0.335 e. The summed E-state index contributed by atoms with van der Waals surface area (Å²) in [5, 5.41) is 11.5. The van der Waals surface area contributed by atoms with Crippen LogP contribution in [-0.4, -0.2) is 31.4 Å². The first kappa shape index (κ1) is 19.1. The number of nitrogens with one attached hydrogen (secondary N) is 2. The van der Waals surface area contributed by atoms with E-state index in [-0.39, 0.29) is 22.1 Å². The van der Waals surface area contributed by atoms with Crippen LogP contribution in [0.3, 0.4) is 0 Å². The Morgan fingerprint density at radius 2 is 1.63 bits per heavy atom. The Kier molecular flexibility index (Phi) is 5.57. The van der Waals surface area contributed by atoms with Gasteiger partial charge in [-0.25, -0.2) is 17.9 Å². The second-order valence-electron chi connectivity index (χ2n) is 6.47. The molecule has 142 valence electrons. The Morgan fingerprint density at radius 3 is 2.26 bits per heavy atom. The number of carboxylic acid groups (broad SMARTS) is 1. The highest BCUT2D eigenvalue weighted by atomic mass is 32.2. The number of amides is 1. The van der Waals surface area contributed by atoms with Crippen LogP contribution in [0.5, 0.6) is 0 Å². The molecule has 2 aromatic rings. The molecular weight excluding hydrogens is 368 g/mol. The summed E-state index contributed by atoms with van der Waals surface area (Å²) in [6, 6.07) is 11.5. The van der Waals surface area contributed by atoms with Gasteiger partial charge < -0.3 is 10.4 Å². The van der Waals surface area contributed by atoms with Crippen molar-refractivity contribution in [3.05, 3.63) is 59.7 Å². The molecule has 1 aliphatic carbocycles. The van der Waals surface area contributed by atoms with Crippen LogP contribution in [0.2, 0.25) is 0 Å². The van der Waals surface area contributed by atoms with Crippen LogP contribution < -0.4 is 10.0 Å². The Labute approximate surface area is 157 Å². The van der Waals surface area contributed by atoms with Gasteiger partial charge in [-0.2, -0.15) is 0 Å². The lowest BCUT2D eigenvalue weighted by atomic mass is 10.2. The quantitative estimate of drug-likeness (QED) is 0.704. The number of aromatic carboxylic acids is 1. The minimum absolute atomic E-state index is 0.0447. The lowest BCUT2D eigenvalue weighted by Gasteiger charge is -2.13. The van der Waals surface area contributed by atoms with Crippen molar-refractivity contribution in [2.45, 2.75) is 36.6 Å². The molecule has 0 radical (unpaired) electrons. The van der Waals surface area contributed by atoms with Crippen molar-refractivity contribution in [2.75, 3.05) is 5.32 Å². The van der Waals surface area contributed by atoms with Gasteiger partial charge in [-0.3, -0.25) is 4.79 Å². The van der Waals surface area contributed by atoms with E-state index in [1.807, 2.05) is 0 Å². The third-order valence-electron chi connectivity index (χ3n) is 4.47. The van der Waals surface area contributed by atoms with Gasteiger partial charge in [0.1, 0.15) is 0 Å². The Bertz CT molecular complexity index is 948. The third-order valence-corrected chi connectivity index (χ3v) is 5.99. The number of sulfonamides is 1. The van der Waals surface area contributed by atoms with Gasteiger partial charge in [0.2, 0.25) is 10.0 Å². The van der Waals surface area contributed by atoms with Crippen molar-refractivity contribution in [3.8, 4) is 0 Å². The van der Waals surface area contributed by atoms with Crippen molar-refractivity contribution < 1.29 is 23.1 Å². The first-order valence-electron chi connectivity index (χ1n) is 8.62. The average Bonchev–Trinajstić information content (AvgIpc) is 3.14. The summed E-state index contributed by atoms with van der Waals surface area (Å²) in [7, 11) is -3.68. The number of hydrogen-bond donors (Lipinski definition) is 3. The van der Waals surface area contributed by atoms with Crippen molar-refractivity contribution in [1.29, 1.82) is 0 Å². The highest BCUT2D eigenvalue weighted by molar-refractivity contribution is 7.89. The van der Waals surface area contributed by atoms with Crippen molar-refractivity contribution in [2.24, 2.45) is 0 Å². The maximum atomic E-state index is 12.5. The fraction of sp³-hybridized carbons (Fsp3) is 0.263. The second kappa shape index (κ2) is 7.89. The van der Waals surface area contributed by atoms with Gasteiger partial charge >= 0.3 is 5.97 Å². The van der Waals surface area contributed by atoms with E-state index in [1.54, 1.807) is 0 Å². The monoisotopic (exact) mass is 388 g/mol. The van der Waals surface area contributed by atoms with Crippen molar-refractivity contribution >= 4 is 27.6 Å². The molecule has 0 unspecified atom stereocenters. The van der Waals surface area contributed by atoms with Crippen LogP contribution >= 0.6 is 0 Å². The number of hydrogen-bond acceptors (Lipinski definition) is 4. The average molecular weight is 388 g/mol. The molecular formula is C19H20N2O5S. The lowest BCUT2D eigenvalue weighted by molar-refractivity contribution is 0.0696. The molecule has 0 heterocycles. The molecule has 0 aliphatic heterocycles. The summed E-state index contributed by atoms with van der Waals surface area (Å²) in [5.74, 6) is -1.53. The van der Waals surface area contributed by atoms with E-state index in [9.17, 15) is 18.0 Å². The molecule has 0 aromatic heterocycles. The van der Waals surface area contributed by atoms with E-state index in [4.69, 9.17) is 5.11 Å². The number of benzene rings is 2. The zero-order chi connectivity index (χ0) is 19.4. The Hall–Kier alpha value is -2.71. The summed E-state index contributed by atoms with van der Waals surface area (Å²) < 4.78 is 27.7. The summed E-state index contributed by atoms with van der Waals surface area (Å²) in [5.41, 5.74) is 0.730. The number of carboxylic acids is 1. The molecule has 27 heavy (non-hydrogen) atoms. The SMILES string of the molecule is O=C(O)c1ccc(NC(=O)c2cccc(S(=O)(=O)NC3CCCC3)c2)cc1. The number of carbonyl (C=O) groups excluding carboxylic acids is 1. The zero-order valence-corrected chi connectivity index (χ0v) is 15.3. The van der Waals surface area contributed by atoms with Gasteiger partial charge in [0.15, 0.2) is 0 Å². The fourth-order valence-electron chi connectivity index (χ4n) is 3.04. The minimum Gasteiger partial charge on any atom is -0.478 e. The molecule has 1 saturated carbocycles. The first-order valence-corrected chi connectivity index (χ1v) is 10.1. The van der Waals surface area contributed by atoms with E-state index < -0.39 is 21.9 Å². The van der Waals surface area contributed by atoms with E-state index in [1.165, 1.54) is 48.5 Å². The third kappa shape index (κ3) is 4.72. The van der Waals surface area contributed by atoms with E-state index in [0.29, 0.717) is 5.69 Å². The van der Waals surface area contributed by atoms with Crippen molar-refractivity contribution in [3.63, 3.8) is 0 Å². The maximum absolute atomic E-state index is 12.5. The van der Waals surface area contributed by atoms with Crippen LogP contribution in [0.4, 0.5) is 5.69 Å². The van der Waals surface area contributed by atoms with Crippen LogP contribution in [-0.2, 0) is 10.0 Å². The van der Waals surface area contributed by atoms with E-state index in [0.717, 1.165) is 25.7 Å². The highest BCUT2D eigenvalue weighted by Gasteiger charge is 2.23. The summed E-state index contributed by atoms with van der Waals surface area (Å²) >= 11 is 0. The van der Waals surface area contributed by atoms with Crippen molar-refractivity contribution in [1.82, 2.24) is 4.72 Å². The number of carbonyl (C=O) groups is 2. The molecule has 2 aromatic carbocycles. The predicted molar refractivity (Wildman–Crippen MR) is 100 cm³/mol. The summed E-state index contributed by atoms with van der Waals surface area (Å²) in [6.45, 7) is 0. The van der Waals surface area contributed by atoms with Crippen LogP contribution in [0, 0.1) is 0 Å². The molecule has 0 bridgehead atoms. The molecule has 0 saturated heterocycles. The summed E-state index contributed by atoms with van der Waals surface area (Å²) in [6.07, 6.45) is 3.67. The molecule has 1 amide bonds. The number of rotatable bonds is 6. The highest BCUT2D eigenvalue weighted by Crippen LogP contribution is 2.21. The van der Waals surface area contributed by atoms with Gasteiger partial charge in [0, 0.05) is 17.3 Å². The van der Waals surface area contributed by atoms with Gasteiger partial charge in [-0.1, -0.05) is 18.9 Å². The zero-order valence-electron chi connectivity index (χ0n) is 14.5. The van der Waals surface area contributed by atoms with Crippen LogP contribution in [0.1, 0.15) is 46.4 Å². The van der Waals surface area contributed by atoms with E-state index >= 15 is 0 Å². The van der Waals surface area contributed by atoms with Crippen LogP contribution in [0.25, 0.3) is 0 Å². The molecule has 0 spiro atoms. The molecule has 7 nitrogen and oxygen atoms in total. The normalized spacial score (nSPS) is 14.8. The van der Waals surface area contributed by atoms with Gasteiger partial charge in [-0.05, 0) is 55.3 Å². The molecule has 3 N–H and O–H groups in total. The molecule has 1 fully saturated rings. The first-order chi connectivity index (χ1) is 12.8. The van der Waals surface area contributed by atoms with Crippen LogP contribution in [0.15, 0.2) is 53.4 Å². The molecule has 1 aliphatic rings. The predicted octanol–water partition coefficient (Wildman–Crippen LogP) is 2.86. The summed E-state index contributed by atoms with van der Waals surface area (Å²) in [4.78, 5) is 23.3. The minimum atomic E-state index is -3.68. The Morgan fingerprint density at radius 1 is 0.963 bits per heavy atom. The molecule has 8 heteroatoms. The topological polar surface area (TPSA) is 113 Å². The van der Waals surface area contributed by atoms with Gasteiger partial charge in [-0.15, -0.1) is 0 Å². The Balaban J connectivity index is 1.74.